The minimum atomic E-state index is -3.76. The molecular weight excluding hydrogens is 404 g/mol. The summed E-state index contributed by atoms with van der Waals surface area (Å²) in [6.45, 7) is 1.46. The molecule has 3 rings (SSSR count). The smallest absolute Gasteiger partial charge is 0.264 e. The Kier molecular flexibility index (Phi) is 5.82. The maximum atomic E-state index is 12.1. The third-order valence-corrected chi connectivity index (χ3v) is 7.06. The molecule has 156 valence electrons. The van der Waals surface area contributed by atoms with Crippen LogP contribution in [0.15, 0.2) is 48.7 Å². The first-order valence-corrected chi connectivity index (χ1v) is 11.0. The second-order valence-corrected chi connectivity index (χ2v) is 9.68. The molecule has 0 spiro atoms. The van der Waals surface area contributed by atoms with Crippen molar-refractivity contribution in [3.63, 3.8) is 0 Å². The van der Waals surface area contributed by atoms with Crippen molar-refractivity contribution in [2.75, 3.05) is 12.0 Å². The molecule has 0 aliphatic carbocycles. The van der Waals surface area contributed by atoms with Crippen LogP contribution in [0.2, 0.25) is 0 Å². The van der Waals surface area contributed by atoms with Crippen LogP contribution in [-0.2, 0) is 21.2 Å². The molecule has 4 N–H and O–H groups in total. The van der Waals surface area contributed by atoms with Crippen molar-refractivity contribution >= 4 is 32.3 Å². The van der Waals surface area contributed by atoms with Gasteiger partial charge < -0.3 is 5.73 Å². The van der Waals surface area contributed by atoms with Gasteiger partial charge in [-0.25, -0.2) is 13.9 Å². The van der Waals surface area contributed by atoms with Crippen LogP contribution in [0.4, 0.5) is 5.69 Å². The van der Waals surface area contributed by atoms with Crippen LogP contribution >= 0.6 is 0 Å². The highest BCUT2D eigenvalue weighted by Gasteiger charge is 2.43. The molecule has 0 unspecified atom stereocenters. The first-order chi connectivity index (χ1) is 14.1. The fourth-order valence-electron chi connectivity index (χ4n) is 2.89. The first kappa shape index (κ1) is 21.4. The normalized spacial score (nSPS) is 13.3. The predicted molar refractivity (Wildman–Crippen MR) is 114 cm³/mol. The summed E-state index contributed by atoms with van der Waals surface area (Å²) in [5, 5.41) is 14.2. The Balaban J connectivity index is 1.81. The van der Waals surface area contributed by atoms with E-state index in [1.165, 1.54) is 12.4 Å². The van der Waals surface area contributed by atoms with Crippen LogP contribution in [0.1, 0.15) is 24.5 Å². The number of carbonyl (C=O) groups excluding carboxylic acids is 1. The van der Waals surface area contributed by atoms with E-state index in [1.807, 2.05) is 30.3 Å². The van der Waals surface area contributed by atoms with Crippen molar-refractivity contribution in [3.8, 4) is 11.8 Å². The van der Waals surface area contributed by atoms with E-state index in [-0.39, 0.29) is 13.0 Å². The number of rotatable bonds is 5. The van der Waals surface area contributed by atoms with Gasteiger partial charge in [0, 0.05) is 41.2 Å². The van der Waals surface area contributed by atoms with Gasteiger partial charge in [0.05, 0.1) is 5.52 Å². The van der Waals surface area contributed by atoms with E-state index in [2.05, 4.69) is 16.9 Å². The van der Waals surface area contributed by atoms with E-state index >= 15 is 0 Å². The lowest BCUT2D eigenvalue weighted by Gasteiger charge is -2.24. The lowest BCUT2D eigenvalue weighted by atomic mass is 10.1. The number of sulfone groups is 1. The Morgan fingerprint density at radius 1 is 1.20 bits per heavy atom. The van der Waals surface area contributed by atoms with Gasteiger partial charge in [-0.1, -0.05) is 11.8 Å². The molecule has 0 fully saturated rings. The maximum absolute atomic E-state index is 12.1. The summed E-state index contributed by atoms with van der Waals surface area (Å²) in [6.07, 6.45) is 2.69. The zero-order valence-corrected chi connectivity index (χ0v) is 17.4. The molecule has 1 atom stereocenters. The van der Waals surface area contributed by atoms with Crippen LogP contribution in [0.25, 0.3) is 10.9 Å². The molecule has 3 aromatic rings. The summed E-state index contributed by atoms with van der Waals surface area (Å²) < 4.78 is 24.0. The molecule has 0 aliphatic heterocycles. The van der Waals surface area contributed by atoms with Gasteiger partial charge >= 0.3 is 0 Å². The number of nitrogen functional groups attached to an aromatic ring is 1. The summed E-state index contributed by atoms with van der Waals surface area (Å²) >= 11 is 0. The van der Waals surface area contributed by atoms with E-state index < -0.39 is 20.5 Å². The van der Waals surface area contributed by atoms with Gasteiger partial charge in [-0.3, -0.25) is 14.7 Å². The second kappa shape index (κ2) is 8.18. The van der Waals surface area contributed by atoms with Crippen LogP contribution in [0, 0.1) is 11.8 Å². The molecule has 0 saturated carbocycles. The van der Waals surface area contributed by atoms with Crippen molar-refractivity contribution < 1.29 is 18.4 Å². The van der Waals surface area contributed by atoms with E-state index in [1.54, 1.807) is 23.0 Å². The highest BCUT2D eigenvalue weighted by Crippen LogP contribution is 2.23. The molecule has 1 amide bonds. The molecule has 2 aromatic carbocycles. The lowest BCUT2D eigenvalue weighted by Crippen LogP contribution is -2.49. The van der Waals surface area contributed by atoms with Crippen molar-refractivity contribution in [1.29, 1.82) is 0 Å². The highest BCUT2D eigenvalue weighted by atomic mass is 32.2. The van der Waals surface area contributed by atoms with Crippen LogP contribution in [0.5, 0.6) is 0 Å². The fourth-order valence-corrected chi connectivity index (χ4v) is 3.74. The molecule has 0 radical (unpaired) electrons. The lowest BCUT2D eigenvalue weighted by molar-refractivity contribution is -0.131. The Hall–Kier alpha value is -3.35. The molecule has 0 aliphatic rings. The summed E-state index contributed by atoms with van der Waals surface area (Å²) in [5.41, 5.74) is 10.2. The number of hydroxylamine groups is 1. The number of nitrogens with two attached hydrogens (primary N) is 1. The Labute approximate surface area is 174 Å². The number of fused-ring (bicyclic) bond motifs is 1. The van der Waals surface area contributed by atoms with E-state index in [9.17, 15) is 13.2 Å². The largest absolute Gasteiger partial charge is 0.399 e. The maximum Gasteiger partial charge on any atom is 0.264 e. The minimum Gasteiger partial charge on any atom is -0.399 e. The summed E-state index contributed by atoms with van der Waals surface area (Å²) in [5.74, 6) is 5.19. The average molecular weight is 426 g/mol. The van der Waals surface area contributed by atoms with Crippen LogP contribution in [0.3, 0.4) is 0 Å². The first-order valence-electron chi connectivity index (χ1n) is 9.11. The van der Waals surface area contributed by atoms with Gasteiger partial charge in [-0.05, 0) is 55.8 Å². The number of hydrogen-bond donors (Lipinski definition) is 3. The molecule has 0 saturated heterocycles. The number of carbonyl (C=O) groups is 1. The quantitative estimate of drug-likeness (QED) is 0.247. The number of hydrogen-bond acceptors (Lipinski definition) is 6. The topological polar surface area (TPSA) is 127 Å². The third kappa shape index (κ3) is 4.45. The molecule has 8 nitrogen and oxygen atoms in total. The molecule has 0 bridgehead atoms. The Bertz CT molecular complexity index is 1250. The Morgan fingerprint density at radius 2 is 1.83 bits per heavy atom. The number of aryl methyl sites for hydroxylation is 1. The van der Waals surface area contributed by atoms with Gasteiger partial charge in [-0.2, -0.15) is 5.10 Å². The standard InChI is InChI=1S/C21H22N4O4S/c1-21(20(26)24-27,30(2,28)29)11-12-25-14-17-13-16(7-10-19(17)23-25)4-3-15-5-8-18(22)9-6-15/h5-10,13-14,27H,11-12,22H2,1-2H3,(H,24,26)/t21-/m1/s1. The van der Waals surface area contributed by atoms with Gasteiger partial charge in [0.25, 0.3) is 5.91 Å². The monoisotopic (exact) mass is 426 g/mol. The van der Waals surface area contributed by atoms with Crippen LogP contribution in [-0.4, -0.2) is 40.3 Å². The molecule has 1 aromatic heterocycles. The number of aromatic nitrogens is 2. The zero-order valence-electron chi connectivity index (χ0n) is 16.6. The van der Waals surface area contributed by atoms with Gasteiger partial charge in [0.15, 0.2) is 14.6 Å². The zero-order chi connectivity index (χ0) is 21.9. The summed E-state index contributed by atoms with van der Waals surface area (Å²) in [7, 11) is -3.76. The SMILES string of the molecule is C[C@@](CCn1cc2cc(C#Cc3ccc(N)cc3)ccc2n1)(C(=O)NO)S(C)(=O)=O. The van der Waals surface area contributed by atoms with Crippen molar-refractivity contribution in [2.45, 2.75) is 24.6 Å². The summed E-state index contributed by atoms with van der Waals surface area (Å²) in [4.78, 5) is 11.9. The number of amides is 1. The van der Waals surface area contributed by atoms with Crippen molar-refractivity contribution in [2.24, 2.45) is 0 Å². The molecule has 1 heterocycles. The van der Waals surface area contributed by atoms with E-state index in [0.717, 1.165) is 28.3 Å². The number of anilines is 1. The molecular formula is C21H22N4O4S. The molecule has 30 heavy (non-hydrogen) atoms. The van der Waals surface area contributed by atoms with Crippen molar-refractivity contribution in [1.82, 2.24) is 15.3 Å². The number of benzene rings is 2. The predicted octanol–water partition coefficient (Wildman–Crippen LogP) is 1.72. The van der Waals surface area contributed by atoms with Gasteiger partial charge in [0.1, 0.15) is 0 Å². The van der Waals surface area contributed by atoms with Crippen molar-refractivity contribution in [3.05, 3.63) is 59.8 Å². The number of nitrogens with zero attached hydrogens (tertiary/aromatic N) is 2. The summed E-state index contributed by atoms with van der Waals surface area (Å²) in [6, 6.07) is 12.8. The van der Waals surface area contributed by atoms with E-state index in [4.69, 9.17) is 10.9 Å². The van der Waals surface area contributed by atoms with Gasteiger partial charge in [-0.15, -0.1) is 0 Å². The number of nitrogens with one attached hydrogen (secondary N) is 1. The van der Waals surface area contributed by atoms with E-state index in [0.29, 0.717) is 5.69 Å². The molecule has 9 heteroatoms. The Morgan fingerprint density at radius 3 is 2.47 bits per heavy atom. The second-order valence-electron chi connectivity index (χ2n) is 7.23. The third-order valence-electron chi connectivity index (χ3n) is 5.03. The van der Waals surface area contributed by atoms with Crippen LogP contribution < -0.4 is 11.2 Å². The fraction of sp³-hybridized carbons (Fsp3) is 0.238. The minimum absolute atomic E-state index is 0.0456. The van der Waals surface area contributed by atoms with Gasteiger partial charge in [0.2, 0.25) is 0 Å². The highest BCUT2D eigenvalue weighted by molar-refractivity contribution is 7.92. The average Bonchev–Trinajstić information content (AvgIpc) is 3.12.